The summed E-state index contributed by atoms with van der Waals surface area (Å²) in [6, 6.07) is 50.1. The molecule has 5 nitrogen and oxygen atoms in total. The summed E-state index contributed by atoms with van der Waals surface area (Å²) in [6.07, 6.45) is 5.23. The Labute approximate surface area is 309 Å². The van der Waals surface area contributed by atoms with E-state index in [0.717, 1.165) is 89.4 Å². The smallest absolute Gasteiger partial charge is 0.156 e. The molecule has 0 aliphatic carbocycles. The van der Waals surface area contributed by atoms with Crippen LogP contribution in [-0.2, 0) is 0 Å². The number of furan rings is 1. The maximum absolute atomic E-state index is 6.58. The quantitative estimate of drug-likeness (QED) is 0.0931. The Morgan fingerprint density at radius 2 is 1.25 bits per heavy atom. The summed E-state index contributed by atoms with van der Waals surface area (Å²) < 4.78 is 8.39. The lowest BCUT2D eigenvalue weighted by Crippen LogP contribution is -2.09. The first-order valence-corrected chi connectivity index (χ1v) is 18.1. The van der Waals surface area contributed by atoms with E-state index < -0.39 is 0 Å². The van der Waals surface area contributed by atoms with E-state index in [0.29, 0.717) is 18.0 Å². The maximum Gasteiger partial charge on any atom is 0.156 e. The Balaban J connectivity index is 1.29. The van der Waals surface area contributed by atoms with Crippen molar-refractivity contribution in [1.82, 2.24) is 4.57 Å². The molecule has 8 rings (SSSR count). The number of aromatic nitrogens is 1. The van der Waals surface area contributed by atoms with Gasteiger partial charge in [-0.1, -0.05) is 136 Å². The molecule has 0 aliphatic heterocycles. The normalized spacial score (nSPS) is 13.1. The third kappa shape index (κ3) is 6.38. The number of allylic oxidation sites excluding steroid dienone is 2. The second-order valence-corrected chi connectivity index (χ2v) is 13.0. The minimum absolute atomic E-state index is 0.614. The molecule has 0 spiro atoms. The van der Waals surface area contributed by atoms with Crippen molar-refractivity contribution in [2.24, 2.45) is 15.7 Å². The summed E-state index contributed by atoms with van der Waals surface area (Å²) in [7, 11) is 0. The van der Waals surface area contributed by atoms with Gasteiger partial charge in [0.25, 0.3) is 0 Å². The number of amidine groups is 1. The average molecular weight is 689 g/mol. The number of fused-ring (bicyclic) bond motifs is 6. The SMILES string of the molecule is C=C(N=C(N=C(CC)c1ccccc1)/C(=C/C(=C\N)n1c2ccccc2c2ccc(-c3ccc4oc5ccccc5c4c3)cc21)CC)c1ccccc1. The first-order chi connectivity index (χ1) is 26.1. The number of para-hydroxylation sites is 2. The van der Waals surface area contributed by atoms with Crippen LogP contribution in [0.2, 0.25) is 0 Å². The minimum atomic E-state index is 0.614. The van der Waals surface area contributed by atoms with Gasteiger partial charge in [0.1, 0.15) is 11.2 Å². The number of hydrogen-bond acceptors (Lipinski definition) is 3. The van der Waals surface area contributed by atoms with Gasteiger partial charge in [-0.05, 0) is 77.1 Å². The van der Waals surface area contributed by atoms with Crippen LogP contribution < -0.4 is 5.73 Å². The van der Waals surface area contributed by atoms with Crippen molar-refractivity contribution in [3.63, 3.8) is 0 Å². The molecule has 0 amide bonds. The highest BCUT2D eigenvalue weighted by Gasteiger charge is 2.17. The van der Waals surface area contributed by atoms with Crippen molar-refractivity contribution in [2.75, 3.05) is 0 Å². The van der Waals surface area contributed by atoms with Crippen LogP contribution in [0.3, 0.4) is 0 Å². The zero-order chi connectivity index (χ0) is 36.3. The highest BCUT2D eigenvalue weighted by molar-refractivity contribution is 6.15. The zero-order valence-electron chi connectivity index (χ0n) is 30.0. The average Bonchev–Trinajstić information content (AvgIpc) is 3.75. The molecule has 0 atom stereocenters. The molecule has 0 radical (unpaired) electrons. The van der Waals surface area contributed by atoms with Gasteiger partial charge in [-0.15, -0.1) is 0 Å². The van der Waals surface area contributed by atoms with Gasteiger partial charge in [-0.25, -0.2) is 9.98 Å². The van der Waals surface area contributed by atoms with E-state index in [2.05, 4.69) is 116 Å². The summed E-state index contributed by atoms with van der Waals surface area (Å²) in [5.74, 6) is 0.614. The fourth-order valence-corrected chi connectivity index (χ4v) is 7.12. The second-order valence-electron chi connectivity index (χ2n) is 13.0. The topological polar surface area (TPSA) is 68.8 Å². The second kappa shape index (κ2) is 14.5. The van der Waals surface area contributed by atoms with Crippen LogP contribution in [0.25, 0.3) is 66.3 Å². The molecule has 53 heavy (non-hydrogen) atoms. The van der Waals surface area contributed by atoms with E-state index >= 15 is 0 Å². The van der Waals surface area contributed by atoms with E-state index in [1.54, 1.807) is 6.20 Å². The standard InChI is InChI=1S/C48H40N4O/c1-4-33(48(50-32(3)34-16-8-6-9-17-34)51-43(5-2)35-18-10-7-11-19-35)28-38(31-49)52-44-22-14-12-20-39(44)40-26-24-37(30-45(40)52)36-25-27-47-42(29-36)41-21-13-15-23-46(41)53-47/h6-31H,3-5,49H2,1-2H3/b33-28+,38-31+,50-48?,51-43?. The van der Waals surface area contributed by atoms with Gasteiger partial charge in [0.15, 0.2) is 5.84 Å². The molecule has 0 aliphatic rings. The predicted octanol–water partition coefficient (Wildman–Crippen LogP) is 12.4. The molecule has 8 aromatic rings. The van der Waals surface area contributed by atoms with Gasteiger partial charge in [-0.2, -0.15) is 0 Å². The van der Waals surface area contributed by atoms with E-state index in [1.807, 2.05) is 60.7 Å². The molecular formula is C48H40N4O. The fourth-order valence-electron chi connectivity index (χ4n) is 7.12. The molecule has 0 fully saturated rings. The van der Waals surface area contributed by atoms with Crippen LogP contribution >= 0.6 is 0 Å². The Bertz CT molecular complexity index is 2760. The van der Waals surface area contributed by atoms with Gasteiger partial charge in [-0.3, -0.25) is 0 Å². The Kier molecular flexibility index (Phi) is 9.14. The number of nitrogens with two attached hydrogens (primary N) is 1. The monoisotopic (exact) mass is 688 g/mol. The number of benzene rings is 6. The van der Waals surface area contributed by atoms with Gasteiger partial charge >= 0.3 is 0 Å². The van der Waals surface area contributed by atoms with Gasteiger partial charge in [0, 0.05) is 33.5 Å². The highest BCUT2D eigenvalue weighted by atomic mass is 16.3. The highest BCUT2D eigenvalue weighted by Crippen LogP contribution is 2.37. The molecule has 5 heteroatoms. The van der Waals surface area contributed by atoms with Crippen molar-refractivity contribution < 1.29 is 4.42 Å². The van der Waals surface area contributed by atoms with Gasteiger partial charge in [0.2, 0.25) is 0 Å². The number of hydrogen-bond donors (Lipinski definition) is 1. The summed E-state index contributed by atoms with van der Waals surface area (Å²) >= 11 is 0. The molecule has 0 saturated carbocycles. The van der Waals surface area contributed by atoms with Crippen LogP contribution in [0.4, 0.5) is 0 Å². The van der Waals surface area contributed by atoms with Crippen molar-refractivity contribution in [2.45, 2.75) is 26.7 Å². The van der Waals surface area contributed by atoms with Crippen LogP contribution in [0.1, 0.15) is 37.8 Å². The van der Waals surface area contributed by atoms with Crippen LogP contribution in [-0.4, -0.2) is 16.1 Å². The first-order valence-electron chi connectivity index (χ1n) is 18.1. The predicted molar refractivity (Wildman–Crippen MR) is 225 cm³/mol. The van der Waals surface area contributed by atoms with Crippen LogP contribution in [0.5, 0.6) is 0 Å². The fraction of sp³-hybridized carbons (Fsp3) is 0.0833. The van der Waals surface area contributed by atoms with Crippen molar-refractivity contribution >= 4 is 66.7 Å². The Hall–Kier alpha value is -6.72. The Morgan fingerprint density at radius 3 is 1.98 bits per heavy atom. The van der Waals surface area contributed by atoms with E-state index in [1.165, 1.54) is 0 Å². The lowest BCUT2D eigenvalue weighted by atomic mass is 10.0. The lowest BCUT2D eigenvalue weighted by molar-refractivity contribution is 0.669. The number of rotatable bonds is 9. The number of aliphatic imine (C=N–C) groups is 2. The third-order valence-electron chi connectivity index (χ3n) is 9.83. The molecule has 0 saturated heterocycles. The lowest BCUT2D eigenvalue weighted by Gasteiger charge is -2.14. The molecule has 6 aromatic carbocycles. The van der Waals surface area contributed by atoms with Gasteiger partial charge in [0.05, 0.1) is 22.4 Å². The molecule has 2 heterocycles. The zero-order valence-corrected chi connectivity index (χ0v) is 30.0. The molecule has 0 unspecified atom stereocenters. The summed E-state index contributed by atoms with van der Waals surface area (Å²) in [5.41, 5.74) is 18.1. The molecule has 258 valence electrons. The summed E-state index contributed by atoms with van der Waals surface area (Å²) in [6.45, 7) is 8.61. The molecule has 0 bridgehead atoms. The first kappa shape index (κ1) is 33.4. The Morgan fingerprint density at radius 1 is 0.623 bits per heavy atom. The van der Waals surface area contributed by atoms with Crippen molar-refractivity contribution in [3.8, 4) is 11.1 Å². The summed E-state index contributed by atoms with van der Waals surface area (Å²) in [5, 5.41) is 4.51. The summed E-state index contributed by atoms with van der Waals surface area (Å²) in [4.78, 5) is 10.3. The molecular weight excluding hydrogens is 649 g/mol. The van der Waals surface area contributed by atoms with Crippen molar-refractivity contribution in [3.05, 3.63) is 181 Å². The van der Waals surface area contributed by atoms with Crippen molar-refractivity contribution in [1.29, 1.82) is 0 Å². The van der Waals surface area contributed by atoms with Crippen LogP contribution in [0.15, 0.2) is 184 Å². The van der Waals surface area contributed by atoms with E-state index in [9.17, 15) is 0 Å². The number of nitrogens with zero attached hydrogens (tertiary/aromatic N) is 3. The largest absolute Gasteiger partial charge is 0.456 e. The van der Waals surface area contributed by atoms with E-state index in [-0.39, 0.29) is 0 Å². The van der Waals surface area contributed by atoms with Crippen LogP contribution in [0, 0.1) is 0 Å². The molecule has 2 aromatic heterocycles. The minimum Gasteiger partial charge on any atom is -0.456 e. The van der Waals surface area contributed by atoms with Gasteiger partial charge < -0.3 is 14.7 Å². The molecule has 2 N–H and O–H groups in total. The third-order valence-corrected chi connectivity index (χ3v) is 9.83. The van der Waals surface area contributed by atoms with E-state index in [4.69, 9.17) is 20.1 Å². The maximum atomic E-state index is 6.58.